The number of hydrogen-bond acceptors (Lipinski definition) is 6. The molecule has 0 spiro atoms. The molecule has 0 aliphatic heterocycles. The van der Waals surface area contributed by atoms with Gasteiger partial charge in [0.2, 0.25) is 0 Å². The minimum Gasteiger partial charge on any atom is -0.566 e. The summed E-state index contributed by atoms with van der Waals surface area (Å²) in [5, 5.41) is 0. The van der Waals surface area contributed by atoms with Crippen molar-refractivity contribution in [2.24, 2.45) is 0 Å². The zero-order chi connectivity index (χ0) is 7.28. The van der Waals surface area contributed by atoms with E-state index in [0.717, 1.165) is 0 Å². The molecule has 0 radical (unpaired) electrons. The maximum atomic E-state index is 9.52. The topological polar surface area (TPSA) is 98.7 Å². The van der Waals surface area contributed by atoms with Gasteiger partial charge in [-0.05, 0) is 9.13 Å². The fourth-order valence-corrected chi connectivity index (χ4v) is 0.470. The Kier molecular flexibility index (Phi) is 11.6. The molecule has 0 bridgehead atoms. The standard InChI is InChI=1S/CH2O6P2.Ca/c2-8(3)6-1-7-9(4)5;/h1H2;/q;+2. The third kappa shape index (κ3) is 12.0. The van der Waals surface area contributed by atoms with E-state index in [4.69, 9.17) is 0 Å². The third-order valence-electron chi connectivity index (χ3n) is 0.316. The zero-order valence-corrected chi connectivity index (χ0v) is 8.76. The van der Waals surface area contributed by atoms with E-state index in [2.05, 4.69) is 9.05 Å². The van der Waals surface area contributed by atoms with E-state index >= 15 is 0 Å². The summed E-state index contributed by atoms with van der Waals surface area (Å²) >= 11 is 0. The van der Waals surface area contributed by atoms with Crippen LogP contribution in [0.3, 0.4) is 0 Å². The molecular formula is CH2CaO6P2+2. The van der Waals surface area contributed by atoms with Gasteiger partial charge in [-0.2, -0.15) is 0 Å². The van der Waals surface area contributed by atoms with E-state index in [-0.39, 0.29) is 37.7 Å². The van der Waals surface area contributed by atoms with Gasteiger partial charge < -0.3 is 9.79 Å². The second-order valence-electron chi connectivity index (χ2n) is 0.823. The molecule has 2 atom stereocenters. The molecule has 0 aliphatic carbocycles. The van der Waals surface area contributed by atoms with Crippen LogP contribution < -0.4 is 9.79 Å². The quantitative estimate of drug-likeness (QED) is 0.324. The van der Waals surface area contributed by atoms with Crippen molar-refractivity contribution in [3.63, 3.8) is 0 Å². The Morgan fingerprint density at radius 2 is 1.40 bits per heavy atom. The molecule has 6 nitrogen and oxygen atoms in total. The molecule has 0 fully saturated rings. The summed E-state index contributed by atoms with van der Waals surface area (Å²) in [6, 6.07) is 0. The first-order valence-corrected chi connectivity index (χ1v) is 3.86. The predicted octanol–water partition coefficient (Wildman–Crippen LogP) is -1.37. The number of rotatable bonds is 4. The summed E-state index contributed by atoms with van der Waals surface area (Å²) in [5.74, 6) is 0. The van der Waals surface area contributed by atoms with Gasteiger partial charge in [0.1, 0.15) is 0 Å². The van der Waals surface area contributed by atoms with Crippen LogP contribution in [0.15, 0.2) is 0 Å². The van der Waals surface area contributed by atoms with Crippen LogP contribution >= 0.6 is 16.5 Å². The van der Waals surface area contributed by atoms with Crippen LogP contribution in [-0.4, -0.2) is 44.5 Å². The van der Waals surface area contributed by atoms with Crippen LogP contribution in [-0.2, 0) is 18.2 Å². The summed E-state index contributed by atoms with van der Waals surface area (Å²) in [6.07, 6.45) is 0. The molecule has 0 aliphatic rings. The van der Waals surface area contributed by atoms with Gasteiger partial charge in [0.05, 0.1) is 0 Å². The van der Waals surface area contributed by atoms with Gasteiger partial charge in [-0.1, -0.05) is 0 Å². The summed E-state index contributed by atoms with van der Waals surface area (Å²) in [6.45, 7) is -0.780. The molecule has 0 N–H and O–H groups in total. The minimum atomic E-state index is -3.02. The average molecular weight is 212 g/mol. The summed E-state index contributed by atoms with van der Waals surface area (Å²) in [7, 11) is -6.05. The SMILES string of the molecule is O=[P+]([O-])OCO[P+](=O)[O-].[Ca+2]. The molecule has 0 rings (SSSR count). The van der Waals surface area contributed by atoms with Crippen LogP contribution in [0.5, 0.6) is 0 Å². The van der Waals surface area contributed by atoms with Crippen LogP contribution in [0.4, 0.5) is 0 Å². The first-order valence-electron chi connectivity index (χ1n) is 1.67. The van der Waals surface area contributed by atoms with E-state index in [1.54, 1.807) is 0 Å². The molecule has 52 valence electrons. The molecule has 0 saturated heterocycles. The first-order chi connectivity index (χ1) is 4.13. The van der Waals surface area contributed by atoms with E-state index in [0.29, 0.717) is 0 Å². The van der Waals surface area contributed by atoms with Crippen molar-refractivity contribution in [1.29, 1.82) is 0 Å². The van der Waals surface area contributed by atoms with Crippen molar-refractivity contribution < 1.29 is 28.0 Å². The predicted molar refractivity (Wildman–Crippen MR) is 28.0 cm³/mol. The van der Waals surface area contributed by atoms with Gasteiger partial charge in [-0.3, -0.25) is 0 Å². The maximum absolute atomic E-state index is 9.52. The molecule has 0 aromatic heterocycles. The van der Waals surface area contributed by atoms with E-state index < -0.39 is 23.3 Å². The molecule has 2 unspecified atom stereocenters. The second-order valence-corrected chi connectivity index (χ2v) is 2.23. The molecule has 0 aromatic carbocycles. The summed E-state index contributed by atoms with van der Waals surface area (Å²) < 4.78 is 26.4. The van der Waals surface area contributed by atoms with Gasteiger partial charge in [0.25, 0.3) is 6.79 Å². The number of hydrogen-bond donors (Lipinski definition) is 0. The van der Waals surface area contributed by atoms with Crippen molar-refractivity contribution in [3.8, 4) is 0 Å². The molecule has 10 heavy (non-hydrogen) atoms. The molecular weight excluding hydrogens is 210 g/mol. The Bertz CT molecular complexity index is 111. The fraction of sp³-hybridized carbons (Fsp3) is 1.00. The Morgan fingerprint density at radius 3 is 1.60 bits per heavy atom. The van der Waals surface area contributed by atoms with Gasteiger partial charge >= 0.3 is 54.2 Å². The van der Waals surface area contributed by atoms with E-state index in [1.165, 1.54) is 0 Å². The van der Waals surface area contributed by atoms with Crippen molar-refractivity contribution in [3.05, 3.63) is 0 Å². The van der Waals surface area contributed by atoms with Crippen molar-refractivity contribution in [2.75, 3.05) is 6.79 Å². The largest absolute Gasteiger partial charge is 2.00 e. The van der Waals surface area contributed by atoms with Crippen molar-refractivity contribution in [1.82, 2.24) is 0 Å². The Labute approximate surface area is 88.4 Å². The van der Waals surface area contributed by atoms with Crippen molar-refractivity contribution in [2.45, 2.75) is 0 Å². The van der Waals surface area contributed by atoms with Crippen molar-refractivity contribution >= 4 is 54.2 Å². The van der Waals surface area contributed by atoms with E-state index in [9.17, 15) is 18.9 Å². The third-order valence-corrected chi connectivity index (χ3v) is 0.949. The maximum Gasteiger partial charge on any atom is 2.00 e. The normalized spacial score (nSPS) is 11.8. The Balaban J connectivity index is 0. The molecule has 9 heteroatoms. The monoisotopic (exact) mass is 212 g/mol. The van der Waals surface area contributed by atoms with Gasteiger partial charge in [0, 0.05) is 0 Å². The summed E-state index contributed by atoms with van der Waals surface area (Å²) in [5.41, 5.74) is 0. The fourth-order valence-electron chi connectivity index (χ4n) is 0.110. The average Bonchev–Trinajstić information content (AvgIpc) is 1.63. The van der Waals surface area contributed by atoms with Gasteiger partial charge in [0.15, 0.2) is 0 Å². The molecule has 0 aromatic rings. The Morgan fingerprint density at radius 1 is 1.10 bits per heavy atom. The summed E-state index contributed by atoms with van der Waals surface area (Å²) in [4.78, 5) is 19.0. The smallest absolute Gasteiger partial charge is 0.566 e. The Hall–Kier alpha value is 1.30. The molecule has 0 amide bonds. The second kappa shape index (κ2) is 8.40. The first kappa shape index (κ1) is 13.9. The van der Waals surface area contributed by atoms with Crippen LogP contribution in [0.25, 0.3) is 0 Å². The zero-order valence-electron chi connectivity index (χ0n) is 4.76. The van der Waals surface area contributed by atoms with Gasteiger partial charge in [-0.15, -0.1) is 9.05 Å². The van der Waals surface area contributed by atoms with Crippen LogP contribution in [0.1, 0.15) is 0 Å². The molecule has 0 saturated carbocycles. The molecule has 0 heterocycles. The van der Waals surface area contributed by atoms with Crippen LogP contribution in [0, 0.1) is 0 Å². The van der Waals surface area contributed by atoms with Crippen LogP contribution in [0.2, 0.25) is 0 Å². The minimum absolute atomic E-state index is 0. The van der Waals surface area contributed by atoms with Gasteiger partial charge in [-0.25, -0.2) is 0 Å². The van der Waals surface area contributed by atoms with E-state index in [1.807, 2.05) is 0 Å².